The van der Waals surface area contributed by atoms with Gasteiger partial charge in [-0.25, -0.2) is 10.1 Å². The highest BCUT2D eigenvalue weighted by Crippen LogP contribution is 2.47. The molecule has 0 unspecified atom stereocenters. The lowest BCUT2D eigenvalue weighted by atomic mass is 10.1. The molecule has 1 aromatic heterocycles. The van der Waals surface area contributed by atoms with Crippen LogP contribution in [0.2, 0.25) is 5.02 Å². The van der Waals surface area contributed by atoms with Gasteiger partial charge in [-0.3, -0.25) is 9.11 Å². The van der Waals surface area contributed by atoms with Crippen LogP contribution in [0.25, 0.3) is 10.8 Å². The van der Waals surface area contributed by atoms with Gasteiger partial charge in [0.15, 0.2) is 5.75 Å². The van der Waals surface area contributed by atoms with Crippen molar-refractivity contribution in [3.63, 3.8) is 0 Å². The maximum absolute atomic E-state index is 12.2. The summed E-state index contributed by atoms with van der Waals surface area (Å²) in [7, 11) is -9.49. The Hall–Kier alpha value is -5.24. The predicted molar refractivity (Wildman–Crippen MR) is 173 cm³/mol. The standard InChI is InChI=1S/C26H18ClN7O13S3/c27-12-4-5-17(16(8-12)23(36)37)33-34-21-19(48-47-46-39)7-11-6-15(50(43,44)45)10-18(20(11)22(21)35)29-25-30-24(31-26(38)32-25)28-13-2-1-3-14(9-13)49(40,41)42/h1-10,35,39H,(H,36,37)(H,40,41,42)(H,43,44,45)(H3,28,29,30,31,32,38). The minimum atomic E-state index is -4.91. The minimum Gasteiger partial charge on any atom is -0.505 e. The molecule has 0 aliphatic heterocycles. The van der Waals surface area contributed by atoms with Crippen LogP contribution >= 0.6 is 23.6 Å². The first kappa shape index (κ1) is 36.1. The van der Waals surface area contributed by atoms with Gasteiger partial charge in [-0.2, -0.15) is 31.8 Å². The van der Waals surface area contributed by atoms with Gasteiger partial charge in [-0.05, 0) is 60.0 Å². The minimum absolute atomic E-state index is 0.0500. The summed E-state index contributed by atoms with van der Waals surface area (Å²) in [5.74, 6) is -3.01. The Kier molecular flexibility index (Phi) is 10.3. The molecule has 20 nitrogen and oxygen atoms in total. The molecule has 0 bridgehead atoms. The Bertz CT molecular complexity index is 2420. The number of carbonyl (C=O) groups is 1. The number of aromatic nitrogens is 3. The van der Waals surface area contributed by atoms with Crippen molar-refractivity contribution in [2.24, 2.45) is 10.2 Å². The van der Waals surface area contributed by atoms with Gasteiger partial charge in [-0.1, -0.05) is 22.7 Å². The molecule has 24 heteroatoms. The fourth-order valence-electron chi connectivity index (χ4n) is 4.25. The van der Waals surface area contributed by atoms with Crippen LogP contribution in [0, 0.1) is 0 Å². The topological polar surface area (TPSA) is 313 Å². The Morgan fingerprint density at radius 3 is 2.22 bits per heavy atom. The molecule has 0 aliphatic rings. The van der Waals surface area contributed by atoms with Gasteiger partial charge in [0, 0.05) is 16.1 Å². The van der Waals surface area contributed by atoms with Gasteiger partial charge in [0.1, 0.15) is 11.4 Å². The molecule has 0 fully saturated rings. The Morgan fingerprint density at radius 2 is 1.56 bits per heavy atom. The van der Waals surface area contributed by atoms with Crippen LogP contribution in [-0.2, 0) is 29.6 Å². The number of nitrogens with one attached hydrogen (secondary N) is 2. The number of hydrogen-bond donors (Lipinski definition) is 8. The van der Waals surface area contributed by atoms with E-state index in [1.54, 1.807) is 0 Å². The largest absolute Gasteiger partial charge is 0.505 e. The molecule has 5 aromatic rings. The Labute approximate surface area is 288 Å². The highest BCUT2D eigenvalue weighted by atomic mass is 35.5. The monoisotopic (exact) mass is 767 g/mol. The lowest BCUT2D eigenvalue weighted by Crippen LogP contribution is -2.06. The van der Waals surface area contributed by atoms with Crippen molar-refractivity contribution in [3.8, 4) is 11.8 Å². The third-order valence-electron chi connectivity index (χ3n) is 6.28. The van der Waals surface area contributed by atoms with E-state index in [0.717, 1.165) is 30.3 Å². The van der Waals surface area contributed by atoms with Crippen LogP contribution in [0.5, 0.6) is 11.8 Å². The zero-order valence-electron chi connectivity index (χ0n) is 24.2. The van der Waals surface area contributed by atoms with Gasteiger partial charge in [-0.15, -0.1) is 14.6 Å². The molecule has 0 aliphatic carbocycles. The highest BCUT2D eigenvalue weighted by molar-refractivity contribution is 7.94. The number of phenols is 1. The SMILES string of the molecule is O=C(O)c1cc(Cl)ccc1N=Nc1c(SOOO)cc2cc(S(=O)(=O)O)cc(Nc3nc(O)nc(Nc4cccc(S(=O)(=O)O)c4)n3)c2c1O. The quantitative estimate of drug-likeness (QED) is 0.0251. The molecule has 0 saturated heterocycles. The first-order valence-electron chi connectivity index (χ1n) is 13.0. The average molecular weight is 768 g/mol. The summed E-state index contributed by atoms with van der Waals surface area (Å²) >= 11 is 6.17. The van der Waals surface area contributed by atoms with Gasteiger partial charge < -0.3 is 26.0 Å². The van der Waals surface area contributed by atoms with E-state index in [1.165, 1.54) is 30.3 Å². The van der Waals surface area contributed by atoms with E-state index in [1.807, 2.05) is 0 Å². The van der Waals surface area contributed by atoms with E-state index in [2.05, 4.69) is 45.2 Å². The number of carboxylic acids is 1. The molecule has 5 rings (SSSR count). The number of phenolic OH excluding ortho intramolecular Hbond substituents is 1. The number of hydrogen-bond acceptors (Lipinski definition) is 18. The van der Waals surface area contributed by atoms with Gasteiger partial charge >= 0.3 is 12.0 Å². The summed E-state index contributed by atoms with van der Waals surface area (Å²) in [4.78, 5) is 21.9. The van der Waals surface area contributed by atoms with Crippen molar-refractivity contribution in [3.05, 3.63) is 71.2 Å². The maximum atomic E-state index is 12.2. The number of nitrogens with zero attached hydrogens (tertiary/aromatic N) is 5. The number of fused-ring (bicyclic) bond motifs is 1. The van der Waals surface area contributed by atoms with Gasteiger partial charge in [0.25, 0.3) is 20.2 Å². The predicted octanol–water partition coefficient (Wildman–Crippen LogP) is 5.61. The van der Waals surface area contributed by atoms with E-state index in [9.17, 15) is 46.1 Å². The van der Waals surface area contributed by atoms with Crippen molar-refractivity contribution in [2.75, 3.05) is 10.6 Å². The van der Waals surface area contributed by atoms with Crippen molar-refractivity contribution in [1.29, 1.82) is 0 Å². The third-order valence-corrected chi connectivity index (χ3v) is 8.82. The number of benzene rings is 4. The Balaban J connectivity index is 1.66. The number of aromatic carboxylic acids is 1. The summed E-state index contributed by atoms with van der Waals surface area (Å²) < 4.78 is 71.2. The fraction of sp³-hybridized carbons (Fsp3) is 0. The molecular formula is C26H18ClN7O13S3. The number of rotatable bonds is 12. The molecule has 8 N–H and O–H groups in total. The molecule has 0 radical (unpaired) electrons. The first-order valence-corrected chi connectivity index (χ1v) is 17.0. The smallest absolute Gasteiger partial charge is 0.338 e. The maximum Gasteiger partial charge on any atom is 0.338 e. The van der Waals surface area contributed by atoms with Crippen LogP contribution in [0.15, 0.2) is 85.6 Å². The zero-order valence-corrected chi connectivity index (χ0v) is 27.4. The first-order chi connectivity index (χ1) is 23.5. The van der Waals surface area contributed by atoms with E-state index in [-0.39, 0.29) is 61.3 Å². The van der Waals surface area contributed by atoms with Crippen LogP contribution in [0.3, 0.4) is 0 Å². The average Bonchev–Trinajstić information content (AvgIpc) is 3.02. The summed E-state index contributed by atoms with van der Waals surface area (Å²) in [6.07, 6.45) is 0. The lowest BCUT2D eigenvalue weighted by Gasteiger charge is -2.15. The molecular weight excluding hydrogens is 750 g/mol. The summed E-state index contributed by atoms with van der Waals surface area (Å²) in [6, 6.07) is 10.6. The zero-order chi connectivity index (χ0) is 36.4. The lowest BCUT2D eigenvalue weighted by molar-refractivity contribution is -0.432. The van der Waals surface area contributed by atoms with Gasteiger partial charge in [0.05, 0.1) is 38.0 Å². The number of azo groups is 1. The second-order valence-corrected chi connectivity index (χ2v) is 13.6. The molecule has 0 saturated carbocycles. The second kappa shape index (κ2) is 14.3. The fourth-order valence-corrected chi connectivity index (χ4v) is 5.99. The second-order valence-electron chi connectivity index (χ2n) is 9.54. The number of aromatic hydroxyl groups is 2. The molecule has 4 aromatic carbocycles. The van der Waals surface area contributed by atoms with Gasteiger partial charge in [0.2, 0.25) is 11.9 Å². The third kappa shape index (κ3) is 8.30. The molecule has 260 valence electrons. The van der Waals surface area contributed by atoms with Crippen LogP contribution in [0.1, 0.15) is 10.4 Å². The molecule has 0 spiro atoms. The van der Waals surface area contributed by atoms with Crippen LogP contribution in [-0.4, -0.2) is 67.4 Å². The molecule has 1 heterocycles. The number of carboxylic acid groups (broad SMARTS) is 1. The number of halogens is 1. The highest BCUT2D eigenvalue weighted by Gasteiger charge is 2.23. The normalized spacial score (nSPS) is 12.0. The summed E-state index contributed by atoms with van der Waals surface area (Å²) in [5.41, 5.74) is -1.24. The summed E-state index contributed by atoms with van der Waals surface area (Å²) in [6.45, 7) is 0. The molecule has 0 amide bonds. The van der Waals surface area contributed by atoms with Crippen LogP contribution in [0.4, 0.5) is 34.6 Å². The van der Waals surface area contributed by atoms with Crippen molar-refractivity contribution < 1.29 is 60.7 Å². The number of anilines is 4. The van der Waals surface area contributed by atoms with Crippen molar-refractivity contribution in [1.82, 2.24) is 15.0 Å². The molecule has 50 heavy (non-hydrogen) atoms. The van der Waals surface area contributed by atoms with E-state index in [0.29, 0.717) is 0 Å². The van der Waals surface area contributed by atoms with E-state index in [4.69, 9.17) is 16.9 Å². The van der Waals surface area contributed by atoms with E-state index < -0.39 is 59.4 Å². The van der Waals surface area contributed by atoms with E-state index >= 15 is 0 Å². The van der Waals surface area contributed by atoms with Crippen molar-refractivity contribution >= 4 is 95.3 Å². The molecule has 0 atom stereocenters. The van der Waals surface area contributed by atoms with Crippen molar-refractivity contribution in [2.45, 2.75) is 14.7 Å². The van der Waals surface area contributed by atoms with Crippen LogP contribution < -0.4 is 10.6 Å². The summed E-state index contributed by atoms with van der Waals surface area (Å²) in [5, 5.41) is 56.4. The Morgan fingerprint density at radius 1 is 0.860 bits per heavy atom.